The van der Waals surface area contributed by atoms with Crippen LogP contribution in [-0.4, -0.2) is 16.9 Å². The minimum Gasteiger partial charge on any atom is -0.508 e. The molecule has 2 aromatic rings. The summed E-state index contributed by atoms with van der Waals surface area (Å²) in [5.41, 5.74) is 1.33. The van der Waals surface area contributed by atoms with E-state index >= 15 is 0 Å². The van der Waals surface area contributed by atoms with Gasteiger partial charge in [0, 0.05) is 5.41 Å². The van der Waals surface area contributed by atoms with Gasteiger partial charge in [0.2, 0.25) is 0 Å². The number of benzene rings is 2. The van der Waals surface area contributed by atoms with Crippen LogP contribution in [0.25, 0.3) is 0 Å². The van der Waals surface area contributed by atoms with Crippen molar-refractivity contribution in [3.63, 3.8) is 0 Å². The third-order valence-electron chi connectivity index (χ3n) is 3.76. The van der Waals surface area contributed by atoms with E-state index in [1.165, 1.54) is 0 Å². The van der Waals surface area contributed by atoms with Crippen LogP contribution in [0.2, 0.25) is 0 Å². The van der Waals surface area contributed by atoms with E-state index in [1.807, 2.05) is 24.3 Å². The van der Waals surface area contributed by atoms with Crippen LogP contribution in [0.4, 0.5) is 4.79 Å². The molecular formula is C20H24O4. The minimum absolute atomic E-state index is 0.238. The van der Waals surface area contributed by atoms with Crippen molar-refractivity contribution in [1.29, 1.82) is 0 Å². The van der Waals surface area contributed by atoms with E-state index in [-0.39, 0.29) is 11.2 Å². The van der Waals surface area contributed by atoms with Gasteiger partial charge >= 0.3 is 6.16 Å². The number of ether oxygens (including phenoxy) is 2. The minimum atomic E-state index is -0.715. The second-order valence-electron chi connectivity index (χ2n) is 7.26. The van der Waals surface area contributed by atoms with Crippen LogP contribution in [0.3, 0.4) is 0 Å². The maximum absolute atomic E-state index is 11.7. The summed E-state index contributed by atoms with van der Waals surface area (Å²) < 4.78 is 10.3. The fraction of sp³-hybridized carbons (Fsp3) is 0.350. The van der Waals surface area contributed by atoms with Gasteiger partial charge in [0.25, 0.3) is 0 Å². The first-order valence-electron chi connectivity index (χ1n) is 7.89. The monoisotopic (exact) mass is 328 g/mol. The number of phenols is 1. The molecule has 128 valence electrons. The van der Waals surface area contributed by atoms with Crippen molar-refractivity contribution in [3.05, 3.63) is 59.7 Å². The van der Waals surface area contributed by atoms with Crippen molar-refractivity contribution >= 4 is 6.16 Å². The van der Waals surface area contributed by atoms with Crippen molar-refractivity contribution in [3.8, 4) is 11.5 Å². The van der Waals surface area contributed by atoms with Crippen LogP contribution in [0, 0.1) is 0 Å². The molecule has 2 rings (SSSR count). The number of carbonyl (C=O) groups excluding carboxylic acids is 1. The van der Waals surface area contributed by atoms with Crippen molar-refractivity contribution in [2.75, 3.05) is 0 Å². The summed E-state index contributed by atoms with van der Waals surface area (Å²) in [6.07, 6.45) is -0.715. The Bertz CT molecular complexity index is 692. The molecule has 0 aliphatic heterocycles. The maximum Gasteiger partial charge on any atom is 0.514 e. The molecule has 0 spiro atoms. The fourth-order valence-electron chi connectivity index (χ4n) is 2.35. The van der Waals surface area contributed by atoms with E-state index in [9.17, 15) is 9.90 Å². The first-order chi connectivity index (χ1) is 11.1. The average Bonchev–Trinajstić information content (AvgIpc) is 2.46. The zero-order chi connectivity index (χ0) is 18.0. The Morgan fingerprint density at radius 1 is 0.833 bits per heavy atom. The topological polar surface area (TPSA) is 55.8 Å². The molecule has 0 heterocycles. The normalized spacial score (nSPS) is 11.9. The molecular weight excluding hydrogens is 304 g/mol. The Labute approximate surface area is 143 Å². The zero-order valence-corrected chi connectivity index (χ0v) is 14.8. The van der Waals surface area contributed by atoms with Crippen LogP contribution in [-0.2, 0) is 10.2 Å². The highest BCUT2D eigenvalue weighted by Crippen LogP contribution is 2.33. The Morgan fingerprint density at radius 3 is 1.75 bits per heavy atom. The molecule has 0 amide bonds. The molecule has 4 nitrogen and oxygen atoms in total. The average molecular weight is 328 g/mol. The molecule has 1 N–H and O–H groups in total. The van der Waals surface area contributed by atoms with Gasteiger partial charge < -0.3 is 14.6 Å². The lowest BCUT2D eigenvalue weighted by atomic mass is 9.78. The van der Waals surface area contributed by atoms with Crippen LogP contribution in [0.5, 0.6) is 11.5 Å². The van der Waals surface area contributed by atoms with E-state index in [0.29, 0.717) is 5.75 Å². The molecule has 0 atom stereocenters. The van der Waals surface area contributed by atoms with Crippen LogP contribution < -0.4 is 4.74 Å². The van der Waals surface area contributed by atoms with Crippen LogP contribution in [0.15, 0.2) is 48.5 Å². The largest absolute Gasteiger partial charge is 0.514 e. The van der Waals surface area contributed by atoms with Gasteiger partial charge in [-0.3, -0.25) is 0 Å². The third-order valence-corrected chi connectivity index (χ3v) is 3.76. The van der Waals surface area contributed by atoms with Crippen LogP contribution in [0.1, 0.15) is 45.7 Å². The third kappa shape index (κ3) is 4.51. The molecule has 0 saturated heterocycles. The van der Waals surface area contributed by atoms with Crippen molar-refractivity contribution in [1.82, 2.24) is 0 Å². The number of aromatic hydroxyl groups is 1. The van der Waals surface area contributed by atoms with Gasteiger partial charge in [-0.15, -0.1) is 0 Å². The zero-order valence-electron chi connectivity index (χ0n) is 14.8. The highest BCUT2D eigenvalue weighted by molar-refractivity contribution is 5.64. The predicted molar refractivity (Wildman–Crippen MR) is 93.5 cm³/mol. The molecule has 4 heteroatoms. The number of rotatable bonds is 3. The molecule has 0 saturated carbocycles. The summed E-state index contributed by atoms with van der Waals surface area (Å²) in [4.78, 5) is 11.7. The number of hydrogen-bond donors (Lipinski definition) is 1. The predicted octanol–water partition coefficient (Wildman–Crippen LogP) is 5.03. The molecule has 2 aromatic carbocycles. The van der Waals surface area contributed by atoms with Crippen molar-refractivity contribution < 1.29 is 19.4 Å². The van der Waals surface area contributed by atoms with Gasteiger partial charge in [0.1, 0.15) is 17.1 Å². The van der Waals surface area contributed by atoms with E-state index in [4.69, 9.17) is 9.47 Å². The van der Waals surface area contributed by atoms with Gasteiger partial charge in [-0.05, 0) is 56.2 Å². The summed E-state index contributed by atoms with van der Waals surface area (Å²) in [5, 5.41) is 9.43. The highest BCUT2D eigenvalue weighted by atomic mass is 16.7. The molecule has 24 heavy (non-hydrogen) atoms. The lowest BCUT2D eigenvalue weighted by molar-refractivity contribution is 0.0206. The smallest absolute Gasteiger partial charge is 0.508 e. The second kappa shape index (κ2) is 6.56. The van der Waals surface area contributed by atoms with E-state index < -0.39 is 11.8 Å². The SMILES string of the molecule is CC(C)(C)OC(=O)Oc1ccc(C(C)(C)c2ccc(O)cc2)cc1. The number of phenolic OH excluding ortho intramolecular Hbond substituents is 1. The summed E-state index contributed by atoms with van der Waals surface area (Å²) in [6, 6.07) is 14.5. The molecule has 0 aliphatic rings. The Hall–Kier alpha value is -2.49. The van der Waals surface area contributed by atoms with Gasteiger partial charge in [-0.25, -0.2) is 4.79 Å². The van der Waals surface area contributed by atoms with Gasteiger partial charge in [0.05, 0.1) is 0 Å². The molecule has 0 aromatic heterocycles. The molecule has 0 aliphatic carbocycles. The van der Waals surface area contributed by atoms with Gasteiger partial charge in [-0.2, -0.15) is 0 Å². The van der Waals surface area contributed by atoms with E-state index in [1.54, 1.807) is 45.0 Å². The van der Waals surface area contributed by atoms with E-state index in [2.05, 4.69) is 13.8 Å². The van der Waals surface area contributed by atoms with Gasteiger partial charge in [0.15, 0.2) is 0 Å². The number of hydrogen-bond acceptors (Lipinski definition) is 4. The second-order valence-corrected chi connectivity index (χ2v) is 7.26. The number of carbonyl (C=O) groups is 1. The summed E-state index contributed by atoms with van der Waals surface area (Å²) in [6.45, 7) is 9.57. The summed E-state index contributed by atoms with van der Waals surface area (Å²) in [7, 11) is 0. The lowest BCUT2D eigenvalue weighted by Gasteiger charge is -2.26. The summed E-state index contributed by atoms with van der Waals surface area (Å²) in [5.74, 6) is 0.685. The van der Waals surface area contributed by atoms with Gasteiger partial charge in [-0.1, -0.05) is 38.1 Å². The Balaban J connectivity index is 2.13. The standard InChI is InChI=1S/C20H24O4/c1-19(2,3)24-18(22)23-17-12-8-15(9-13-17)20(4,5)14-6-10-16(21)11-7-14/h6-13,21H,1-5H3. The summed E-state index contributed by atoms with van der Waals surface area (Å²) >= 11 is 0. The first kappa shape index (κ1) is 17.9. The maximum atomic E-state index is 11.7. The molecule has 0 fully saturated rings. The Morgan fingerprint density at radius 2 is 1.29 bits per heavy atom. The molecule has 0 unspecified atom stereocenters. The quantitative estimate of drug-likeness (QED) is 0.634. The lowest BCUT2D eigenvalue weighted by Crippen LogP contribution is -2.26. The van der Waals surface area contributed by atoms with Crippen LogP contribution >= 0.6 is 0 Å². The molecule has 0 radical (unpaired) electrons. The Kier molecular flexibility index (Phi) is 4.88. The fourth-order valence-corrected chi connectivity index (χ4v) is 2.35. The van der Waals surface area contributed by atoms with E-state index in [0.717, 1.165) is 11.1 Å². The van der Waals surface area contributed by atoms with Crippen molar-refractivity contribution in [2.24, 2.45) is 0 Å². The first-order valence-corrected chi connectivity index (χ1v) is 7.89. The van der Waals surface area contributed by atoms with Crippen molar-refractivity contribution in [2.45, 2.75) is 45.6 Å². The molecule has 0 bridgehead atoms. The highest BCUT2D eigenvalue weighted by Gasteiger charge is 2.23.